The predicted molar refractivity (Wildman–Crippen MR) is 85.6 cm³/mol. The molecule has 3 nitrogen and oxygen atoms in total. The van der Waals surface area contributed by atoms with Crippen LogP contribution in [0.15, 0.2) is 34.7 Å². The summed E-state index contributed by atoms with van der Waals surface area (Å²) >= 11 is 1.88. The minimum absolute atomic E-state index is 0.0198. The Morgan fingerprint density at radius 2 is 2.10 bits per heavy atom. The van der Waals surface area contributed by atoms with E-state index in [9.17, 15) is 0 Å². The van der Waals surface area contributed by atoms with Gasteiger partial charge in [0.25, 0.3) is 0 Å². The highest BCUT2D eigenvalue weighted by atomic mass is 32.1. The molecule has 0 saturated heterocycles. The zero-order valence-electron chi connectivity index (χ0n) is 11.8. The summed E-state index contributed by atoms with van der Waals surface area (Å²) in [4.78, 5) is 7.32. The molecule has 21 heavy (non-hydrogen) atoms. The fraction of sp³-hybridized carbons (Fsp3) is 0.353. The number of fused-ring (bicyclic) bond motifs is 2. The number of rotatable bonds is 3. The van der Waals surface area contributed by atoms with Crippen molar-refractivity contribution in [1.29, 1.82) is 0 Å². The number of aryl methyl sites for hydroxylation is 2. The lowest BCUT2D eigenvalue weighted by molar-refractivity contribution is 0.504. The van der Waals surface area contributed by atoms with Gasteiger partial charge in [-0.05, 0) is 49.4 Å². The maximum atomic E-state index is 6.37. The first-order valence-corrected chi connectivity index (χ1v) is 8.33. The van der Waals surface area contributed by atoms with Crippen LogP contribution in [0.3, 0.4) is 0 Å². The quantitative estimate of drug-likeness (QED) is 0.795. The molecule has 0 aliphatic heterocycles. The van der Waals surface area contributed by atoms with E-state index >= 15 is 0 Å². The van der Waals surface area contributed by atoms with Gasteiger partial charge in [0.15, 0.2) is 11.5 Å². The van der Waals surface area contributed by atoms with Crippen molar-refractivity contribution in [2.24, 2.45) is 5.73 Å². The van der Waals surface area contributed by atoms with Crippen molar-refractivity contribution in [2.75, 3.05) is 0 Å². The van der Waals surface area contributed by atoms with Gasteiger partial charge in [-0.3, -0.25) is 0 Å². The van der Waals surface area contributed by atoms with Crippen molar-refractivity contribution >= 4 is 22.4 Å². The Hall–Kier alpha value is -1.65. The summed E-state index contributed by atoms with van der Waals surface area (Å²) in [5, 5.41) is 0. The molecule has 4 heteroatoms. The molecule has 0 fully saturated rings. The van der Waals surface area contributed by atoms with Gasteiger partial charge < -0.3 is 10.2 Å². The molecular weight excluding hydrogens is 280 g/mol. The minimum Gasteiger partial charge on any atom is -0.441 e. The molecule has 3 aromatic rings. The highest BCUT2D eigenvalue weighted by Gasteiger charge is 2.18. The maximum absolute atomic E-state index is 6.37. The third kappa shape index (κ3) is 2.49. The largest absolute Gasteiger partial charge is 0.441 e. The van der Waals surface area contributed by atoms with Crippen LogP contribution in [-0.4, -0.2) is 4.98 Å². The van der Waals surface area contributed by atoms with Crippen molar-refractivity contribution in [1.82, 2.24) is 4.98 Å². The topological polar surface area (TPSA) is 52.0 Å². The number of benzene rings is 1. The van der Waals surface area contributed by atoms with Crippen molar-refractivity contribution in [3.8, 4) is 0 Å². The second-order valence-electron chi connectivity index (χ2n) is 5.69. The van der Waals surface area contributed by atoms with Crippen LogP contribution in [0.4, 0.5) is 0 Å². The highest BCUT2D eigenvalue weighted by molar-refractivity contribution is 7.12. The minimum atomic E-state index is -0.0198. The number of hydrogen-bond acceptors (Lipinski definition) is 4. The van der Waals surface area contributed by atoms with Crippen LogP contribution in [0.2, 0.25) is 0 Å². The highest BCUT2D eigenvalue weighted by Crippen LogP contribution is 2.33. The molecule has 2 N–H and O–H groups in total. The smallest absolute Gasteiger partial charge is 0.197 e. The van der Waals surface area contributed by atoms with Crippen molar-refractivity contribution in [3.05, 3.63) is 51.5 Å². The molecule has 1 aliphatic rings. The fourth-order valence-corrected chi connectivity index (χ4v) is 4.25. The molecule has 0 amide bonds. The number of nitrogens with zero attached hydrogens (tertiary/aromatic N) is 1. The van der Waals surface area contributed by atoms with Crippen molar-refractivity contribution < 1.29 is 4.42 Å². The van der Waals surface area contributed by atoms with Crippen LogP contribution >= 0.6 is 11.3 Å². The van der Waals surface area contributed by atoms with Gasteiger partial charge in [0.1, 0.15) is 5.52 Å². The Balaban J connectivity index is 1.57. The molecule has 0 bridgehead atoms. The van der Waals surface area contributed by atoms with Crippen LogP contribution in [0.5, 0.6) is 0 Å². The van der Waals surface area contributed by atoms with Gasteiger partial charge >= 0.3 is 0 Å². The summed E-state index contributed by atoms with van der Waals surface area (Å²) in [6, 6.07) is 10.1. The van der Waals surface area contributed by atoms with Crippen LogP contribution in [0.25, 0.3) is 11.1 Å². The van der Waals surface area contributed by atoms with E-state index in [1.54, 1.807) is 0 Å². The van der Waals surface area contributed by atoms with Gasteiger partial charge in [0, 0.05) is 22.2 Å². The molecule has 1 aromatic carbocycles. The summed E-state index contributed by atoms with van der Waals surface area (Å²) in [5.74, 6) is 0.732. The summed E-state index contributed by atoms with van der Waals surface area (Å²) in [7, 11) is 0. The summed E-state index contributed by atoms with van der Waals surface area (Å²) in [5.41, 5.74) is 9.63. The van der Waals surface area contributed by atoms with E-state index in [0.717, 1.165) is 17.0 Å². The zero-order valence-corrected chi connectivity index (χ0v) is 12.7. The van der Waals surface area contributed by atoms with Gasteiger partial charge in [0.05, 0.1) is 0 Å². The molecule has 1 atom stereocenters. The monoisotopic (exact) mass is 298 g/mol. The molecule has 4 rings (SSSR count). The van der Waals surface area contributed by atoms with E-state index in [4.69, 9.17) is 10.2 Å². The molecule has 1 unspecified atom stereocenters. The van der Waals surface area contributed by atoms with Crippen LogP contribution < -0.4 is 5.73 Å². The normalized spacial score (nSPS) is 16.0. The maximum Gasteiger partial charge on any atom is 0.197 e. The van der Waals surface area contributed by atoms with E-state index in [2.05, 4.69) is 11.1 Å². The van der Waals surface area contributed by atoms with Gasteiger partial charge in [-0.2, -0.15) is 0 Å². The molecule has 2 heterocycles. The van der Waals surface area contributed by atoms with Crippen LogP contribution in [0.1, 0.15) is 40.1 Å². The van der Waals surface area contributed by atoms with E-state index in [-0.39, 0.29) is 6.04 Å². The standard InChI is InChI=1S/C17H18N2OS/c18-12(16-9-11-5-1-4-8-15(11)21-16)10-17-19-13-6-2-3-7-14(13)20-17/h2-3,6-7,9,12H,1,4-5,8,10,18H2. The summed E-state index contributed by atoms with van der Waals surface area (Å²) < 4.78 is 5.78. The SMILES string of the molecule is NC(Cc1nc2ccccc2o1)c1cc2c(s1)CCCC2. The van der Waals surface area contributed by atoms with Crippen molar-refractivity contribution in [3.63, 3.8) is 0 Å². The molecule has 108 valence electrons. The Bertz CT molecular complexity index is 718. The molecule has 0 saturated carbocycles. The molecular formula is C17H18N2OS. The van der Waals surface area contributed by atoms with E-state index in [1.807, 2.05) is 35.6 Å². The molecule has 1 aliphatic carbocycles. The fourth-order valence-electron chi connectivity index (χ4n) is 2.99. The Morgan fingerprint density at radius 1 is 1.24 bits per heavy atom. The number of thiophene rings is 1. The number of aromatic nitrogens is 1. The lowest BCUT2D eigenvalue weighted by Gasteiger charge is -2.08. The van der Waals surface area contributed by atoms with Gasteiger partial charge in [-0.15, -0.1) is 11.3 Å². The van der Waals surface area contributed by atoms with E-state index in [1.165, 1.54) is 41.0 Å². The lowest BCUT2D eigenvalue weighted by Crippen LogP contribution is -2.11. The van der Waals surface area contributed by atoms with E-state index in [0.29, 0.717) is 6.42 Å². The number of hydrogen-bond donors (Lipinski definition) is 1. The van der Waals surface area contributed by atoms with E-state index < -0.39 is 0 Å². The van der Waals surface area contributed by atoms with Gasteiger partial charge in [-0.1, -0.05) is 12.1 Å². The van der Waals surface area contributed by atoms with Crippen LogP contribution in [-0.2, 0) is 19.3 Å². The predicted octanol–water partition coefficient (Wildman–Crippen LogP) is 4.01. The second kappa shape index (κ2) is 5.28. The first-order chi connectivity index (χ1) is 10.3. The Morgan fingerprint density at radius 3 is 2.95 bits per heavy atom. The first kappa shape index (κ1) is 13.0. The molecule has 2 aromatic heterocycles. The Kier molecular flexibility index (Phi) is 3.28. The zero-order chi connectivity index (χ0) is 14.2. The average molecular weight is 298 g/mol. The van der Waals surface area contributed by atoms with Gasteiger partial charge in [0.2, 0.25) is 0 Å². The molecule has 0 spiro atoms. The van der Waals surface area contributed by atoms with Crippen molar-refractivity contribution in [2.45, 2.75) is 38.1 Å². The lowest BCUT2D eigenvalue weighted by atomic mass is 9.98. The number of oxazole rings is 1. The number of para-hydroxylation sites is 2. The average Bonchev–Trinajstić information content (AvgIpc) is 3.10. The summed E-state index contributed by atoms with van der Waals surface area (Å²) in [6.45, 7) is 0. The van der Waals surface area contributed by atoms with Crippen LogP contribution in [0, 0.1) is 0 Å². The molecule has 0 radical (unpaired) electrons. The first-order valence-electron chi connectivity index (χ1n) is 7.51. The second-order valence-corrected chi connectivity index (χ2v) is 6.86. The third-order valence-electron chi connectivity index (χ3n) is 4.11. The number of nitrogens with two attached hydrogens (primary N) is 1. The Labute approximate surface area is 127 Å². The van der Waals surface area contributed by atoms with Gasteiger partial charge in [-0.25, -0.2) is 4.98 Å². The summed E-state index contributed by atoms with van der Waals surface area (Å²) in [6.07, 6.45) is 5.71. The third-order valence-corrected chi connectivity index (χ3v) is 5.48.